The molecule has 0 radical (unpaired) electrons. The van der Waals surface area contributed by atoms with E-state index in [1.54, 1.807) is 0 Å². The third-order valence-corrected chi connectivity index (χ3v) is 1.67. The normalized spacial score (nSPS) is 13.8. The lowest BCUT2D eigenvalue weighted by Gasteiger charge is -2.27. The summed E-state index contributed by atoms with van der Waals surface area (Å²) in [6.45, 7) is 0. The third-order valence-electron chi connectivity index (χ3n) is 1.67. The summed E-state index contributed by atoms with van der Waals surface area (Å²) >= 11 is 0. The highest BCUT2D eigenvalue weighted by Crippen LogP contribution is 2.51. The molecule has 0 aliphatic carbocycles. The average Bonchev–Trinajstić information content (AvgIpc) is 2.11. The van der Waals surface area contributed by atoms with Crippen LogP contribution in [0.1, 0.15) is 5.82 Å². The quantitative estimate of drug-likeness (QED) is 0.744. The molecule has 12 heteroatoms. The van der Waals surface area contributed by atoms with E-state index >= 15 is 0 Å². The lowest BCUT2D eigenvalue weighted by atomic mass is 10.0. The maximum atomic E-state index is 13.2. The molecule has 1 rings (SSSR count). The zero-order valence-corrected chi connectivity index (χ0v) is 7.74. The first-order chi connectivity index (χ1) is 7.89. The standard InChI is InChI=1S/C6F9N3/c7-2-16-1(17-3(8)18-2)4(9,5(10,11)12)6(13,14)15. The predicted molar refractivity (Wildman–Crippen MR) is 34.6 cm³/mol. The Morgan fingerprint density at radius 1 is 0.611 bits per heavy atom. The van der Waals surface area contributed by atoms with Crippen molar-refractivity contribution in [3.05, 3.63) is 18.0 Å². The predicted octanol–water partition coefficient (Wildman–Crippen LogP) is 2.44. The van der Waals surface area contributed by atoms with Crippen molar-refractivity contribution in [3.8, 4) is 0 Å². The van der Waals surface area contributed by atoms with Crippen LogP contribution < -0.4 is 0 Å². The monoisotopic (exact) mass is 285 g/mol. The van der Waals surface area contributed by atoms with Gasteiger partial charge in [-0.1, -0.05) is 0 Å². The van der Waals surface area contributed by atoms with E-state index in [4.69, 9.17) is 0 Å². The summed E-state index contributed by atoms with van der Waals surface area (Å²) in [5.41, 5.74) is -6.09. The van der Waals surface area contributed by atoms with Crippen molar-refractivity contribution in [2.75, 3.05) is 0 Å². The van der Waals surface area contributed by atoms with E-state index in [1.165, 1.54) is 0 Å². The Hall–Kier alpha value is -1.62. The van der Waals surface area contributed by atoms with Crippen molar-refractivity contribution in [2.45, 2.75) is 18.0 Å². The van der Waals surface area contributed by atoms with Crippen molar-refractivity contribution >= 4 is 0 Å². The summed E-state index contributed by atoms with van der Waals surface area (Å²) in [4.78, 5) is 5.85. The van der Waals surface area contributed by atoms with Crippen LogP contribution in [-0.2, 0) is 5.67 Å². The fraction of sp³-hybridized carbons (Fsp3) is 0.500. The second kappa shape index (κ2) is 3.95. The Morgan fingerprint density at radius 3 is 1.22 bits per heavy atom. The number of nitrogens with zero attached hydrogens (tertiary/aromatic N) is 3. The molecule has 0 N–H and O–H groups in total. The smallest absolute Gasteiger partial charge is 0.214 e. The SMILES string of the molecule is Fc1nc(F)nc(C(F)(C(F)(F)F)C(F)(F)F)n1. The van der Waals surface area contributed by atoms with E-state index < -0.39 is 36.0 Å². The summed E-state index contributed by atoms with van der Waals surface area (Å²) in [7, 11) is 0. The molecule has 0 bridgehead atoms. The van der Waals surface area contributed by atoms with Gasteiger partial charge in [0.2, 0.25) is 0 Å². The van der Waals surface area contributed by atoms with Crippen molar-refractivity contribution in [1.29, 1.82) is 0 Å². The van der Waals surface area contributed by atoms with E-state index in [-0.39, 0.29) is 0 Å². The van der Waals surface area contributed by atoms with E-state index in [0.717, 1.165) is 0 Å². The number of aromatic nitrogens is 3. The second-order valence-corrected chi connectivity index (χ2v) is 2.85. The van der Waals surface area contributed by atoms with Crippen LogP contribution in [0.5, 0.6) is 0 Å². The number of halogens is 9. The van der Waals surface area contributed by atoms with Gasteiger partial charge in [0, 0.05) is 0 Å². The summed E-state index contributed by atoms with van der Waals surface area (Å²) < 4.78 is 110. The van der Waals surface area contributed by atoms with Crippen molar-refractivity contribution in [3.63, 3.8) is 0 Å². The van der Waals surface area contributed by atoms with Gasteiger partial charge in [0.1, 0.15) is 0 Å². The zero-order valence-electron chi connectivity index (χ0n) is 7.74. The molecule has 0 unspecified atom stereocenters. The van der Waals surface area contributed by atoms with Gasteiger partial charge < -0.3 is 0 Å². The number of hydrogen-bond donors (Lipinski definition) is 0. The molecular weight excluding hydrogens is 285 g/mol. The average molecular weight is 285 g/mol. The summed E-state index contributed by atoms with van der Waals surface area (Å²) in [5.74, 6) is -2.76. The number of alkyl halides is 7. The van der Waals surface area contributed by atoms with Gasteiger partial charge in [0.05, 0.1) is 0 Å². The maximum absolute atomic E-state index is 13.2. The molecular formula is C6F9N3. The minimum atomic E-state index is -6.55. The Kier molecular flexibility index (Phi) is 3.17. The molecule has 0 spiro atoms. The molecule has 0 saturated carbocycles. The molecule has 1 heterocycles. The van der Waals surface area contributed by atoms with Gasteiger partial charge >= 0.3 is 30.2 Å². The van der Waals surface area contributed by atoms with Crippen LogP contribution in [-0.4, -0.2) is 27.3 Å². The molecule has 0 saturated heterocycles. The Labute approximate surface area is 91.7 Å². The van der Waals surface area contributed by atoms with Crippen molar-refractivity contribution in [1.82, 2.24) is 15.0 Å². The van der Waals surface area contributed by atoms with Crippen LogP contribution in [0.15, 0.2) is 0 Å². The van der Waals surface area contributed by atoms with Gasteiger partial charge in [-0.2, -0.15) is 50.1 Å². The first-order valence-corrected chi connectivity index (χ1v) is 3.79. The molecule has 1 aromatic rings. The first kappa shape index (κ1) is 14.4. The molecule has 0 aromatic carbocycles. The highest BCUT2D eigenvalue weighted by Gasteiger charge is 2.76. The van der Waals surface area contributed by atoms with Gasteiger partial charge in [-0.15, -0.1) is 0 Å². The molecule has 3 nitrogen and oxygen atoms in total. The number of rotatable bonds is 1. The lowest BCUT2D eigenvalue weighted by Crippen LogP contribution is -2.51. The van der Waals surface area contributed by atoms with Gasteiger partial charge in [0.15, 0.2) is 5.82 Å². The van der Waals surface area contributed by atoms with Crippen LogP contribution in [0.2, 0.25) is 0 Å². The second-order valence-electron chi connectivity index (χ2n) is 2.85. The van der Waals surface area contributed by atoms with Crippen LogP contribution in [0.4, 0.5) is 39.5 Å². The molecule has 0 aliphatic rings. The van der Waals surface area contributed by atoms with Crippen LogP contribution in [0.25, 0.3) is 0 Å². The molecule has 1 aromatic heterocycles. The van der Waals surface area contributed by atoms with Crippen LogP contribution in [0, 0.1) is 12.2 Å². The van der Waals surface area contributed by atoms with Crippen molar-refractivity contribution in [2.24, 2.45) is 0 Å². The van der Waals surface area contributed by atoms with Crippen molar-refractivity contribution < 1.29 is 39.5 Å². The Morgan fingerprint density at radius 2 is 0.944 bits per heavy atom. The maximum Gasteiger partial charge on any atom is 0.439 e. The first-order valence-electron chi connectivity index (χ1n) is 3.79. The minimum Gasteiger partial charge on any atom is -0.214 e. The fourth-order valence-electron chi connectivity index (χ4n) is 0.894. The van der Waals surface area contributed by atoms with Gasteiger partial charge in [-0.3, -0.25) is 0 Å². The molecule has 0 amide bonds. The fourth-order valence-corrected chi connectivity index (χ4v) is 0.894. The highest BCUT2D eigenvalue weighted by molar-refractivity contribution is 5.09. The number of hydrogen-bond acceptors (Lipinski definition) is 3. The topological polar surface area (TPSA) is 38.7 Å². The highest BCUT2D eigenvalue weighted by atomic mass is 19.4. The van der Waals surface area contributed by atoms with Gasteiger partial charge in [-0.05, 0) is 0 Å². The van der Waals surface area contributed by atoms with Crippen LogP contribution >= 0.6 is 0 Å². The summed E-state index contributed by atoms with van der Waals surface area (Å²) in [6.07, 6.45) is -17.7. The Bertz CT molecular complexity index is 416. The van der Waals surface area contributed by atoms with E-state index in [9.17, 15) is 39.5 Å². The summed E-state index contributed by atoms with van der Waals surface area (Å²) in [6, 6.07) is 0. The molecule has 18 heavy (non-hydrogen) atoms. The molecule has 0 atom stereocenters. The Balaban J connectivity index is 3.55. The van der Waals surface area contributed by atoms with E-state index in [0.29, 0.717) is 0 Å². The van der Waals surface area contributed by atoms with Gasteiger partial charge in [0.25, 0.3) is 0 Å². The lowest BCUT2D eigenvalue weighted by molar-refractivity contribution is -0.351. The third kappa shape index (κ3) is 2.18. The van der Waals surface area contributed by atoms with Crippen LogP contribution in [0.3, 0.4) is 0 Å². The van der Waals surface area contributed by atoms with E-state index in [2.05, 4.69) is 4.98 Å². The molecule has 0 fully saturated rings. The minimum absolute atomic E-state index is 1.90. The summed E-state index contributed by atoms with van der Waals surface area (Å²) in [5, 5.41) is 0. The largest absolute Gasteiger partial charge is 0.439 e. The van der Waals surface area contributed by atoms with Gasteiger partial charge in [-0.25, -0.2) is 4.39 Å². The van der Waals surface area contributed by atoms with E-state index in [1.807, 2.05) is 9.97 Å². The molecule has 102 valence electrons. The zero-order chi connectivity index (χ0) is 14.4. The molecule has 0 aliphatic heterocycles.